The topological polar surface area (TPSA) is 59.2 Å². The molecule has 6 heteroatoms. The zero-order valence-electron chi connectivity index (χ0n) is 13.5. The van der Waals surface area contributed by atoms with Crippen LogP contribution in [-0.2, 0) is 4.79 Å². The highest BCUT2D eigenvalue weighted by molar-refractivity contribution is 8.00. The Labute approximate surface area is 140 Å². The van der Waals surface area contributed by atoms with Crippen LogP contribution in [0.3, 0.4) is 0 Å². The summed E-state index contributed by atoms with van der Waals surface area (Å²) < 4.78 is 5.27. The first kappa shape index (κ1) is 16.1. The highest BCUT2D eigenvalue weighted by Gasteiger charge is 2.28. The molecule has 0 aliphatic carbocycles. The average molecular weight is 331 g/mol. The first-order chi connectivity index (χ1) is 11.1. The molecule has 1 unspecified atom stereocenters. The summed E-state index contributed by atoms with van der Waals surface area (Å²) in [6, 6.07) is 8.27. The Morgan fingerprint density at radius 2 is 2.13 bits per heavy atom. The van der Waals surface area contributed by atoms with Gasteiger partial charge in [-0.25, -0.2) is 0 Å². The van der Waals surface area contributed by atoms with Crippen LogP contribution < -0.4 is 0 Å². The number of likely N-dealkylation sites (tertiary alicyclic amines) is 1. The van der Waals surface area contributed by atoms with Crippen molar-refractivity contribution >= 4 is 17.7 Å². The fourth-order valence-electron chi connectivity index (χ4n) is 2.76. The first-order valence-electron chi connectivity index (χ1n) is 7.89. The van der Waals surface area contributed by atoms with Crippen LogP contribution in [-0.4, -0.2) is 39.8 Å². The van der Waals surface area contributed by atoms with Crippen LogP contribution in [0.25, 0.3) is 0 Å². The summed E-state index contributed by atoms with van der Waals surface area (Å²) in [7, 11) is 0. The molecule has 1 saturated heterocycles. The molecule has 3 rings (SSSR count). The smallest absolute Gasteiger partial charge is 0.232 e. The zero-order chi connectivity index (χ0) is 16.2. The lowest BCUT2D eigenvalue weighted by Crippen LogP contribution is -2.40. The summed E-state index contributed by atoms with van der Waals surface area (Å²) in [4.78, 5) is 19.8. The second-order valence-electron chi connectivity index (χ2n) is 5.96. The number of nitrogens with zero attached hydrogens (tertiary/aromatic N) is 3. The minimum absolute atomic E-state index is 0.165. The molecular weight excluding hydrogens is 310 g/mol. The summed E-state index contributed by atoms with van der Waals surface area (Å²) in [5.41, 5.74) is 1.23. The summed E-state index contributed by atoms with van der Waals surface area (Å²) >= 11 is 1.59. The molecular formula is C17H21N3O2S. The SMILES string of the molecule is Cc1ccc(SCC(=O)N2CCCC(c3nc(C)no3)C2)cc1. The number of rotatable bonds is 4. The van der Waals surface area contributed by atoms with Gasteiger partial charge in [0.1, 0.15) is 0 Å². The molecule has 23 heavy (non-hydrogen) atoms. The molecule has 0 radical (unpaired) electrons. The fraction of sp³-hybridized carbons (Fsp3) is 0.471. The van der Waals surface area contributed by atoms with Crippen LogP contribution >= 0.6 is 11.8 Å². The minimum atomic E-state index is 0.165. The maximum absolute atomic E-state index is 12.5. The number of hydrogen-bond acceptors (Lipinski definition) is 5. The molecule has 1 atom stereocenters. The van der Waals surface area contributed by atoms with Crippen molar-refractivity contribution in [1.29, 1.82) is 0 Å². The summed E-state index contributed by atoms with van der Waals surface area (Å²) in [6.07, 6.45) is 1.98. The van der Waals surface area contributed by atoms with E-state index in [1.807, 2.05) is 11.8 Å². The van der Waals surface area contributed by atoms with Crippen molar-refractivity contribution in [2.24, 2.45) is 0 Å². The van der Waals surface area contributed by atoms with Gasteiger partial charge in [0.05, 0.1) is 11.7 Å². The molecule has 0 bridgehead atoms. The average Bonchev–Trinajstić information content (AvgIpc) is 3.01. The number of piperidine rings is 1. The molecule has 0 N–H and O–H groups in total. The van der Waals surface area contributed by atoms with Crippen LogP contribution in [0.5, 0.6) is 0 Å². The van der Waals surface area contributed by atoms with Gasteiger partial charge in [0.25, 0.3) is 0 Å². The number of hydrogen-bond donors (Lipinski definition) is 0. The van der Waals surface area contributed by atoms with Crippen LogP contribution in [0.15, 0.2) is 33.7 Å². The third-order valence-corrected chi connectivity index (χ3v) is 5.05. The van der Waals surface area contributed by atoms with Crippen LogP contribution in [0.4, 0.5) is 0 Å². The molecule has 0 spiro atoms. The third-order valence-electron chi connectivity index (χ3n) is 4.05. The van der Waals surface area contributed by atoms with Crippen molar-refractivity contribution in [2.45, 2.75) is 37.5 Å². The standard InChI is InChI=1S/C17H21N3O2S/c1-12-5-7-15(8-6-12)23-11-16(21)20-9-3-4-14(10-20)17-18-13(2)19-22-17/h5-8,14H,3-4,9-11H2,1-2H3. The summed E-state index contributed by atoms with van der Waals surface area (Å²) in [6.45, 7) is 5.37. The first-order valence-corrected chi connectivity index (χ1v) is 8.88. The minimum Gasteiger partial charge on any atom is -0.341 e. The van der Waals surface area contributed by atoms with E-state index in [4.69, 9.17) is 4.52 Å². The lowest BCUT2D eigenvalue weighted by atomic mass is 9.98. The van der Waals surface area contributed by atoms with E-state index in [1.165, 1.54) is 5.56 Å². The van der Waals surface area contributed by atoms with Gasteiger partial charge >= 0.3 is 0 Å². The molecule has 1 amide bonds. The normalized spacial score (nSPS) is 18.2. The Morgan fingerprint density at radius 1 is 1.35 bits per heavy atom. The number of thioether (sulfide) groups is 1. The lowest BCUT2D eigenvalue weighted by molar-refractivity contribution is -0.129. The van der Waals surface area contributed by atoms with Gasteiger partial charge in [0.15, 0.2) is 5.82 Å². The van der Waals surface area contributed by atoms with Crippen molar-refractivity contribution < 1.29 is 9.32 Å². The van der Waals surface area contributed by atoms with Crippen molar-refractivity contribution in [1.82, 2.24) is 15.0 Å². The van der Waals surface area contributed by atoms with Gasteiger partial charge in [0.2, 0.25) is 11.8 Å². The molecule has 122 valence electrons. The van der Waals surface area contributed by atoms with Crippen LogP contribution in [0, 0.1) is 13.8 Å². The molecule has 1 fully saturated rings. The highest BCUT2D eigenvalue weighted by atomic mass is 32.2. The molecule has 1 aliphatic rings. The Morgan fingerprint density at radius 3 is 2.83 bits per heavy atom. The van der Waals surface area contributed by atoms with E-state index >= 15 is 0 Å². The quantitative estimate of drug-likeness (QED) is 0.805. The predicted octanol–water partition coefficient (Wildman–Crippen LogP) is 3.18. The van der Waals surface area contributed by atoms with Gasteiger partial charge in [-0.3, -0.25) is 4.79 Å². The van der Waals surface area contributed by atoms with E-state index in [9.17, 15) is 4.79 Å². The van der Waals surface area contributed by atoms with Crippen molar-refractivity contribution in [3.63, 3.8) is 0 Å². The maximum Gasteiger partial charge on any atom is 0.232 e. The van der Waals surface area contributed by atoms with E-state index in [0.717, 1.165) is 24.3 Å². The monoisotopic (exact) mass is 331 g/mol. The Kier molecular flexibility index (Phi) is 5.00. The number of carbonyl (C=O) groups excluding carboxylic acids is 1. The number of carbonyl (C=O) groups is 1. The second-order valence-corrected chi connectivity index (χ2v) is 7.01. The fourth-order valence-corrected chi connectivity index (χ4v) is 3.56. The van der Waals surface area contributed by atoms with Gasteiger partial charge in [-0.05, 0) is 38.8 Å². The maximum atomic E-state index is 12.5. The number of aromatic nitrogens is 2. The van der Waals surface area contributed by atoms with E-state index < -0.39 is 0 Å². The summed E-state index contributed by atoms with van der Waals surface area (Å²) in [5, 5.41) is 3.85. The van der Waals surface area contributed by atoms with Gasteiger partial charge in [-0.1, -0.05) is 22.9 Å². The van der Waals surface area contributed by atoms with Crippen molar-refractivity contribution in [2.75, 3.05) is 18.8 Å². The molecule has 1 aromatic carbocycles. The van der Waals surface area contributed by atoms with E-state index in [2.05, 4.69) is 41.3 Å². The van der Waals surface area contributed by atoms with Crippen molar-refractivity contribution in [3.8, 4) is 0 Å². The molecule has 1 aromatic heterocycles. The van der Waals surface area contributed by atoms with Gasteiger partial charge in [-0.15, -0.1) is 11.8 Å². The lowest BCUT2D eigenvalue weighted by Gasteiger charge is -2.31. The van der Waals surface area contributed by atoms with Crippen LogP contribution in [0.1, 0.15) is 36.0 Å². The number of amides is 1. The van der Waals surface area contributed by atoms with E-state index in [1.54, 1.807) is 11.8 Å². The molecule has 5 nitrogen and oxygen atoms in total. The summed E-state index contributed by atoms with van der Waals surface area (Å²) in [5.74, 6) is 2.12. The van der Waals surface area contributed by atoms with Crippen LogP contribution in [0.2, 0.25) is 0 Å². The number of benzene rings is 1. The predicted molar refractivity (Wildman–Crippen MR) is 89.5 cm³/mol. The van der Waals surface area contributed by atoms with Gasteiger partial charge in [0, 0.05) is 18.0 Å². The van der Waals surface area contributed by atoms with E-state index in [-0.39, 0.29) is 11.8 Å². The highest BCUT2D eigenvalue weighted by Crippen LogP contribution is 2.27. The Balaban J connectivity index is 1.55. The van der Waals surface area contributed by atoms with Crippen molar-refractivity contribution in [3.05, 3.63) is 41.5 Å². The Hall–Kier alpha value is -1.82. The van der Waals surface area contributed by atoms with Gasteiger partial charge < -0.3 is 9.42 Å². The zero-order valence-corrected chi connectivity index (χ0v) is 14.3. The molecule has 0 saturated carbocycles. The van der Waals surface area contributed by atoms with Gasteiger partial charge in [-0.2, -0.15) is 4.98 Å². The Bertz CT molecular complexity index is 669. The second kappa shape index (κ2) is 7.17. The third kappa shape index (κ3) is 4.13. The largest absolute Gasteiger partial charge is 0.341 e. The molecule has 1 aliphatic heterocycles. The number of aryl methyl sites for hydroxylation is 2. The van der Waals surface area contributed by atoms with E-state index in [0.29, 0.717) is 24.0 Å². The molecule has 2 aromatic rings. The molecule has 2 heterocycles.